The smallest absolute Gasteiger partial charge is 0.0622 e. The Kier molecular flexibility index (Phi) is 14.9. The SMILES string of the molecule is C[Si]1(C)c2cc(-c3c4ccccc4c(-c4ccccc4)c4ccccc34)ccc2-c2ccc(-c3ccc4ccc5cccc6ccc3c4c56)cc21.c1ccc(-c2cc(-c3ccc(-c4cccc5ccccc45)cc3)c3ccc4c(-c5ccccc5)cc(-c5cccc(-c6ccc7ccccc7c6)c5)c5ccc2c3c45)cc1. The molecule has 0 atom stereocenters. The van der Waals surface area contributed by atoms with Crippen molar-refractivity contribution in [1.29, 1.82) is 0 Å². The first-order chi connectivity index (χ1) is 54.8. The van der Waals surface area contributed by atoms with Crippen molar-refractivity contribution in [2.24, 2.45) is 0 Å². The van der Waals surface area contributed by atoms with E-state index < -0.39 is 8.07 Å². The van der Waals surface area contributed by atoms with Crippen LogP contribution in [0.5, 0.6) is 0 Å². The number of rotatable bonds is 9. The van der Waals surface area contributed by atoms with Gasteiger partial charge in [-0.1, -0.05) is 389 Å². The number of hydrogen-bond donors (Lipinski definition) is 0. The highest BCUT2D eigenvalue weighted by Gasteiger charge is 2.38. The molecule has 0 radical (unpaired) electrons. The van der Waals surface area contributed by atoms with Gasteiger partial charge in [0.05, 0.1) is 0 Å². The molecule has 1 heteroatoms. The lowest BCUT2D eigenvalue weighted by Gasteiger charge is -2.22. The molecule has 0 saturated carbocycles. The predicted molar refractivity (Wildman–Crippen MR) is 481 cm³/mol. The van der Waals surface area contributed by atoms with Gasteiger partial charge in [-0.05, 0) is 254 Å². The second kappa shape index (κ2) is 25.7. The first-order valence-electron chi connectivity index (χ1n) is 38.8. The van der Waals surface area contributed by atoms with E-state index in [1.165, 1.54) is 229 Å². The van der Waals surface area contributed by atoms with E-state index in [0.29, 0.717) is 0 Å². The van der Waals surface area contributed by atoms with Crippen molar-refractivity contribution in [1.82, 2.24) is 0 Å². The topological polar surface area (TPSA) is 0 Å². The Morgan fingerprint density at radius 2 is 0.468 bits per heavy atom. The van der Waals surface area contributed by atoms with E-state index in [2.05, 4.69) is 413 Å². The third-order valence-electron chi connectivity index (χ3n) is 24.4. The molecule has 0 bridgehead atoms. The fraction of sp³-hybridized carbons (Fsp3) is 0.0182. The molecule has 0 amide bonds. The maximum atomic E-state index is 2.55. The summed E-state index contributed by atoms with van der Waals surface area (Å²) in [6.07, 6.45) is 0. The van der Waals surface area contributed by atoms with Gasteiger partial charge in [0.25, 0.3) is 0 Å². The van der Waals surface area contributed by atoms with E-state index in [0.717, 1.165) is 0 Å². The van der Waals surface area contributed by atoms with Crippen LogP contribution in [0.15, 0.2) is 400 Å². The second-order valence-electron chi connectivity index (χ2n) is 30.8. The third kappa shape index (κ3) is 10.4. The summed E-state index contributed by atoms with van der Waals surface area (Å²) in [5.74, 6) is 0. The van der Waals surface area contributed by atoms with Gasteiger partial charge in [0, 0.05) is 0 Å². The molecule has 1 aliphatic heterocycles. The lowest BCUT2D eigenvalue weighted by Crippen LogP contribution is -2.49. The lowest BCUT2D eigenvalue weighted by atomic mass is 9.81. The lowest BCUT2D eigenvalue weighted by molar-refractivity contribution is 1.61. The van der Waals surface area contributed by atoms with Crippen molar-refractivity contribution < 1.29 is 0 Å². The summed E-state index contributed by atoms with van der Waals surface area (Å²) in [6, 6.07) is 149. The molecule has 0 nitrogen and oxygen atoms in total. The number of hydrogen-bond acceptors (Lipinski definition) is 0. The summed E-state index contributed by atoms with van der Waals surface area (Å²) in [5, 5.41) is 29.0. The summed E-state index contributed by atoms with van der Waals surface area (Å²) in [4.78, 5) is 0. The van der Waals surface area contributed by atoms with Crippen molar-refractivity contribution in [3.63, 3.8) is 0 Å². The summed E-state index contributed by atoms with van der Waals surface area (Å²) in [5.41, 5.74) is 25.4. The first kappa shape index (κ1) is 64.4. The van der Waals surface area contributed by atoms with Crippen LogP contribution < -0.4 is 10.4 Å². The average Bonchev–Trinajstić information content (AvgIpc) is 0.964. The molecule has 1 aliphatic rings. The molecule has 22 aromatic carbocycles. The maximum absolute atomic E-state index is 2.55. The van der Waals surface area contributed by atoms with Crippen LogP contribution in [0.2, 0.25) is 13.1 Å². The zero-order chi connectivity index (χ0) is 73.4. The Morgan fingerprint density at radius 1 is 0.144 bits per heavy atom. The molecule has 1 heterocycles. The monoisotopic (exact) mass is 1420 g/mol. The van der Waals surface area contributed by atoms with Gasteiger partial charge >= 0.3 is 0 Å². The molecule has 0 saturated heterocycles. The van der Waals surface area contributed by atoms with Crippen LogP contribution in [0.1, 0.15) is 0 Å². The Balaban J connectivity index is 0.000000138. The standard InChI is InChI=1S/C60H38.C50H34Si/c1-3-14-41(15-4-1)55-37-57(44-28-26-43(27-29-44)50-24-12-20-40-18-9-10-23-49(40)50)53-32-31-52-56(42-16-5-2-6-17-42)38-58(54-34-33-51(55)59(53)60(52)54)48-22-11-21-46(36-48)47-30-25-39-13-7-8-19-45(39)35-47;1-51(2)45-29-35(37-25-21-34-20-19-32-13-10-14-33-22-28-44(37)50(34)47(32)33)23-26-38(45)39-27-24-36(30-46(39)51)49-42-17-8-6-15-40(42)48(31-11-4-3-5-12-31)41-16-7-9-18-43(41)49/h1-38H;3-30H,1-2H3. The van der Waals surface area contributed by atoms with Crippen molar-refractivity contribution >= 4 is 126 Å². The van der Waals surface area contributed by atoms with E-state index in [-0.39, 0.29) is 0 Å². The summed E-state index contributed by atoms with van der Waals surface area (Å²) in [7, 11) is -2.04. The molecule has 0 spiro atoms. The summed E-state index contributed by atoms with van der Waals surface area (Å²) >= 11 is 0. The van der Waals surface area contributed by atoms with E-state index in [1.807, 2.05) is 0 Å². The fourth-order valence-corrected chi connectivity index (χ4v) is 22.2. The zero-order valence-corrected chi connectivity index (χ0v) is 62.6. The Labute approximate surface area is 646 Å². The van der Waals surface area contributed by atoms with Crippen LogP contribution in [0, 0.1) is 0 Å². The molecular weight excluding hydrogens is 1350 g/mol. The van der Waals surface area contributed by atoms with Gasteiger partial charge in [-0.3, -0.25) is 0 Å². The van der Waals surface area contributed by atoms with E-state index in [1.54, 1.807) is 0 Å². The normalized spacial score (nSPS) is 12.5. The fourth-order valence-electron chi connectivity index (χ4n) is 19.1. The van der Waals surface area contributed by atoms with Crippen molar-refractivity contribution in [3.05, 3.63) is 400 Å². The highest BCUT2D eigenvalue weighted by atomic mass is 28.3. The minimum absolute atomic E-state index is 1.21. The van der Waals surface area contributed by atoms with Crippen LogP contribution in [0.4, 0.5) is 0 Å². The largest absolute Gasteiger partial charge is 0.113 e. The number of fused-ring (bicyclic) bond motifs is 7. The van der Waals surface area contributed by atoms with Gasteiger partial charge in [-0.15, -0.1) is 0 Å². The van der Waals surface area contributed by atoms with Crippen LogP contribution in [0.3, 0.4) is 0 Å². The molecule has 0 fully saturated rings. The van der Waals surface area contributed by atoms with E-state index in [9.17, 15) is 0 Å². The maximum Gasteiger partial charge on any atom is 0.113 e. The zero-order valence-electron chi connectivity index (χ0n) is 61.6. The molecule has 516 valence electrons. The molecular formula is C110H72Si. The van der Waals surface area contributed by atoms with Crippen molar-refractivity contribution in [3.8, 4) is 111 Å². The van der Waals surface area contributed by atoms with Gasteiger partial charge in [-0.2, -0.15) is 0 Å². The van der Waals surface area contributed by atoms with Crippen LogP contribution in [-0.4, -0.2) is 8.07 Å². The predicted octanol–water partition coefficient (Wildman–Crippen LogP) is 29.6. The van der Waals surface area contributed by atoms with Crippen LogP contribution >= 0.6 is 0 Å². The third-order valence-corrected chi connectivity index (χ3v) is 27.9. The van der Waals surface area contributed by atoms with Crippen molar-refractivity contribution in [2.75, 3.05) is 0 Å². The molecule has 0 N–H and O–H groups in total. The van der Waals surface area contributed by atoms with Gasteiger partial charge in [0.2, 0.25) is 0 Å². The van der Waals surface area contributed by atoms with Crippen LogP contribution in [0.25, 0.3) is 219 Å². The highest BCUT2D eigenvalue weighted by Crippen LogP contribution is 2.51. The minimum atomic E-state index is -2.04. The molecule has 0 unspecified atom stereocenters. The molecule has 0 aromatic heterocycles. The molecule has 111 heavy (non-hydrogen) atoms. The Hall–Kier alpha value is -13.8. The Bertz CT molecular complexity index is 7420. The van der Waals surface area contributed by atoms with Gasteiger partial charge in [-0.25, -0.2) is 0 Å². The first-order valence-corrected chi connectivity index (χ1v) is 41.8. The highest BCUT2D eigenvalue weighted by molar-refractivity contribution is 7.04. The molecule has 0 aliphatic carbocycles. The second-order valence-corrected chi connectivity index (χ2v) is 35.1. The molecule has 22 aromatic rings. The van der Waals surface area contributed by atoms with E-state index in [4.69, 9.17) is 0 Å². The average molecular weight is 1420 g/mol. The van der Waals surface area contributed by atoms with Gasteiger partial charge in [0.1, 0.15) is 8.07 Å². The Morgan fingerprint density at radius 3 is 1.06 bits per heavy atom. The number of benzene rings is 22. The van der Waals surface area contributed by atoms with Gasteiger partial charge in [0.15, 0.2) is 0 Å². The minimum Gasteiger partial charge on any atom is -0.0622 e. The van der Waals surface area contributed by atoms with E-state index >= 15 is 0 Å². The summed E-state index contributed by atoms with van der Waals surface area (Å²) in [6.45, 7) is 5.09. The van der Waals surface area contributed by atoms with Crippen molar-refractivity contribution in [2.45, 2.75) is 13.1 Å². The summed E-state index contributed by atoms with van der Waals surface area (Å²) < 4.78 is 0. The van der Waals surface area contributed by atoms with Crippen LogP contribution in [-0.2, 0) is 0 Å². The molecule has 23 rings (SSSR count). The quantitative estimate of drug-likeness (QED) is 0.0768. The van der Waals surface area contributed by atoms with Gasteiger partial charge < -0.3 is 0 Å².